The largest absolute Gasteiger partial charge is 0.493 e. The third-order valence-corrected chi connectivity index (χ3v) is 5.01. The zero-order chi connectivity index (χ0) is 22.0. The Kier molecular flexibility index (Phi) is 5.57. The van der Waals surface area contributed by atoms with Crippen LogP contribution in [0.4, 0.5) is 10.3 Å². The number of allylic oxidation sites excluding steroid dienone is 1. The molecular weight excluding hydrogens is 403 g/mol. The van der Waals surface area contributed by atoms with E-state index in [9.17, 15) is 9.18 Å². The number of anilines is 1. The monoisotopic (exact) mass is 424 g/mol. The number of carbonyl (C=O) groups excluding carboxylic acids is 1. The summed E-state index contributed by atoms with van der Waals surface area (Å²) in [5.74, 6) is 0.757. The van der Waals surface area contributed by atoms with Crippen LogP contribution in [0.25, 0.3) is 0 Å². The number of aromatic nitrogens is 3. The standard InChI is InChI=1S/C22H21FN4O4/c1-13-19(21(28)30-3)20(27-22(26-13)24-12-25-27)15-6-9-17(18(10-15)29-2)31-11-14-4-7-16(23)8-5-14/h4-10,12,20H,11H2,1-3H3,(H,24,25,26)/t20-/m1/s1. The van der Waals surface area contributed by atoms with Gasteiger partial charge in [0.25, 0.3) is 0 Å². The summed E-state index contributed by atoms with van der Waals surface area (Å²) in [7, 11) is 2.87. The number of rotatable bonds is 6. The van der Waals surface area contributed by atoms with Crippen LogP contribution in [0.3, 0.4) is 0 Å². The van der Waals surface area contributed by atoms with Gasteiger partial charge in [0.1, 0.15) is 24.8 Å². The molecule has 0 radical (unpaired) electrons. The molecule has 9 heteroatoms. The second-order valence-corrected chi connectivity index (χ2v) is 6.91. The summed E-state index contributed by atoms with van der Waals surface area (Å²) in [6.07, 6.45) is 1.42. The maximum Gasteiger partial charge on any atom is 0.338 e. The first kappa shape index (κ1) is 20.4. The Labute approximate surface area is 178 Å². The summed E-state index contributed by atoms with van der Waals surface area (Å²) in [4.78, 5) is 16.7. The minimum atomic E-state index is -0.550. The summed E-state index contributed by atoms with van der Waals surface area (Å²) in [6.45, 7) is 2.04. The molecule has 0 bridgehead atoms. The first-order valence-electron chi connectivity index (χ1n) is 9.52. The predicted molar refractivity (Wildman–Crippen MR) is 110 cm³/mol. The highest BCUT2D eigenvalue weighted by Gasteiger charge is 2.34. The number of fused-ring (bicyclic) bond motifs is 1. The molecule has 0 spiro atoms. The third-order valence-electron chi connectivity index (χ3n) is 5.01. The Balaban J connectivity index is 1.67. The van der Waals surface area contributed by atoms with Crippen LogP contribution >= 0.6 is 0 Å². The van der Waals surface area contributed by atoms with Gasteiger partial charge in [-0.2, -0.15) is 10.1 Å². The van der Waals surface area contributed by atoms with Crippen molar-refractivity contribution >= 4 is 11.9 Å². The number of esters is 1. The quantitative estimate of drug-likeness (QED) is 0.606. The summed E-state index contributed by atoms with van der Waals surface area (Å²) in [6, 6.07) is 10.9. The molecule has 160 valence electrons. The van der Waals surface area contributed by atoms with E-state index in [0.29, 0.717) is 28.7 Å². The van der Waals surface area contributed by atoms with Gasteiger partial charge in [-0.15, -0.1) is 0 Å². The number of benzene rings is 2. The molecule has 1 atom stereocenters. The highest BCUT2D eigenvalue weighted by molar-refractivity contribution is 5.92. The number of ether oxygens (including phenoxy) is 3. The molecule has 1 aliphatic heterocycles. The second kappa shape index (κ2) is 8.47. The van der Waals surface area contributed by atoms with Gasteiger partial charge < -0.3 is 19.5 Å². The Morgan fingerprint density at radius 2 is 1.94 bits per heavy atom. The lowest BCUT2D eigenvalue weighted by molar-refractivity contribution is -0.136. The average Bonchev–Trinajstić information content (AvgIpc) is 3.25. The summed E-state index contributed by atoms with van der Waals surface area (Å²) in [5, 5.41) is 7.35. The van der Waals surface area contributed by atoms with Crippen LogP contribution in [0.5, 0.6) is 11.5 Å². The molecule has 4 rings (SSSR count). The predicted octanol–water partition coefficient (Wildman–Crippen LogP) is 3.47. The maximum atomic E-state index is 13.1. The van der Waals surface area contributed by atoms with Gasteiger partial charge in [-0.3, -0.25) is 0 Å². The number of nitrogens with zero attached hydrogens (tertiary/aromatic N) is 3. The van der Waals surface area contributed by atoms with E-state index < -0.39 is 12.0 Å². The van der Waals surface area contributed by atoms with Crippen molar-refractivity contribution in [1.82, 2.24) is 14.8 Å². The number of methoxy groups -OCH3 is 2. The SMILES string of the molecule is COC(=O)C1=C(C)Nc2ncnn2[C@@H]1c1ccc(OCc2ccc(F)cc2)c(OC)c1. The Morgan fingerprint density at radius 3 is 2.65 bits per heavy atom. The van der Waals surface area contributed by atoms with E-state index in [1.807, 2.05) is 6.07 Å². The fourth-order valence-corrected chi connectivity index (χ4v) is 3.49. The number of hydrogen-bond acceptors (Lipinski definition) is 7. The number of carbonyl (C=O) groups is 1. The molecule has 8 nitrogen and oxygen atoms in total. The lowest BCUT2D eigenvalue weighted by Gasteiger charge is -2.28. The highest BCUT2D eigenvalue weighted by Crippen LogP contribution is 2.38. The van der Waals surface area contributed by atoms with Gasteiger partial charge in [0.15, 0.2) is 11.5 Å². The van der Waals surface area contributed by atoms with Crippen molar-refractivity contribution in [2.75, 3.05) is 19.5 Å². The van der Waals surface area contributed by atoms with E-state index in [2.05, 4.69) is 15.4 Å². The van der Waals surface area contributed by atoms with Crippen molar-refractivity contribution in [2.45, 2.75) is 19.6 Å². The van der Waals surface area contributed by atoms with Crippen molar-refractivity contribution < 1.29 is 23.4 Å². The third kappa shape index (κ3) is 3.94. The van der Waals surface area contributed by atoms with E-state index >= 15 is 0 Å². The molecule has 0 amide bonds. The second-order valence-electron chi connectivity index (χ2n) is 6.91. The lowest BCUT2D eigenvalue weighted by atomic mass is 9.95. The smallest absolute Gasteiger partial charge is 0.338 e. The molecule has 1 N–H and O–H groups in total. The average molecular weight is 424 g/mol. The molecule has 1 aliphatic rings. The van der Waals surface area contributed by atoms with E-state index in [0.717, 1.165) is 11.1 Å². The molecular formula is C22H21FN4O4. The van der Waals surface area contributed by atoms with Crippen molar-refractivity contribution in [3.8, 4) is 11.5 Å². The normalized spacial score (nSPS) is 15.2. The molecule has 1 aromatic heterocycles. The van der Waals surface area contributed by atoms with Crippen LogP contribution in [0, 0.1) is 5.82 Å². The summed E-state index contributed by atoms with van der Waals surface area (Å²) in [5.41, 5.74) is 2.62. The van der Waals surface area contributed by atoms with E-state index in [4.69, 9.17) is 14.2 Å². The van der Waals surface area contributed by atoms with Crippen molar-refractivity contribution in [3.05, 3.63) is 77.0 Å². The van der Waals surface area contributed by atoms with E-state index in [-0.39, 0.29) is 12.4 Å². The van der Waals surface area contributed by atoms with Crippen molar-refractivity contribution in [1.29, 1.82) is 0 Å². The van der Waals surface area contributed by atoms with Crippen LogP contribution in [0.1, 0.15) is 24.1 Å². The topological polar surface area (TPSA) is 87.5 Å². The Bertz CT molecular complexity index is 1140. The molecule has 0 saturated carbocycles. The van der Waals surface area contributed by atoms with Crippen LogP contribution in [-0.4, -0.2) is 35.0 Å². The van der Waals surface area contributed by atoms with Gasteiger partial charge in [-0.1, -0.05) is 18.2 Å². The van der Waals surface area contributed by atoms with Crippen LogP contribution < -0.4 is 14.8 Å². The fourth-order valence-electron chi connectivity index (χ4n) is 3.49. The van der Waals surface area contributed by atoms with Crippen molar-refractivity contribution in [2.24, 2.45) is 0 Å². The van der Waals surface area contributed by atoms with Gasteiger partial charge in [0.05, 0.1) is 19.8 Å². The number of nitrogens with one attached hydrogen (secondary N) is 1. The molecule has 0 aliphatic carbocycles. The summed E-state index contributed by atoms with van der Waals surface area (Å²) < 4.78 is 31.1. The molecule has 3 aromatic rings. The molecule has 2 aromatic carbocycles. The number of halogens is 1. The van der Waals surface area contributed by atoms with Gasteiger partial charge in [0.2, 0.25) is 5.95 Å². The van der Waals surface area contributed by atoms with Crippen LogP contribution in [0.15, 0.2) is 60.1 Å². The van der Waals surface area contributed by atoms with E-state index in [1.165, 1.54) is 32.7 Å². The Hall–Kier alpha value is -3.88. The minimum Gasteiger partial charge on any atom is -0.493 e. The maximum absolute atomic E-state index is 13.1. The lowest BCUT2D eigenvalue weighted by Crippen LogP contribution is -2.29. The zero-order valence-corrected chi connectivity index (χ0v) is 17.3. The van der Waals surface area contributed by atoms with Gasteiger partial charge >= 0.3 is 5.97 Å². The molecule has 0 unspecified atom stereocenters. The fraction of sp³-hybridized carbons (Fsp3) is 0.227. The first-order chi connectivity index (χ1) is 15.0. The van der Waals surface area contributed by atoms with Gasteiger partial charge in [-0.25, -0.2) is 13.9 Å². The Morgan fingerprint density at radius 1 is 1.16 bits per heavy atom. The molecule has 2 heterocycles. The summed E-state index contributed by atoms with van der Waals surface area (Å²) >= 11 is 0. The highest BCUT2D eigenvalue weighted by atomic mass is 19.1. The van der Waals surface area contributed by atoms with E-state index in [1.54, 1.807) is 35.9 Å². The van der Waals surface area contributed by atoms with Crippen LogP contribution in [0.2, 0.25) is 0 Å². The molecule has 31 heavy (non-hydrogen) atoms. The first-order valence-corrected chi connectivity index (χ1v) is 9.52. The molecule has 0 saturated heterocycles. The van der Waals surface area contributed by atoms with Gasteiger partial charge in [-0.05, 0) is 42.3 Å². The zero-order valence-electron chi connectivity index (χ0n) is 17.3. The van der Waals surface area contributed by atoms with Gasteiger partial charge in [0, 0.05) is 5.70 Å². The van der Waals surface area contributed by atoms with Crippen LogP contribution in [-0.2, 0) is 16.1 Å². The molecule has 0 fully saturated rings. The number of hydrogen-bond donors (Lipinski definition) is 1. The minimum absolute atomic E-state index is 0.253. The van der Waals surface area contributed by atoms with Crippen molar-refractivity contribution in [3.63, 3.8) is 0 Å².